The molecule has 0 bridgehead atoms. The smallest absolute Gasteiger partial charge is 0.245 e. The Hall–Kier alpha value is -0.700. The quantitative estimate of drug-likeness (QED) is 0.473. The molecule has 0 atom stereocenters. The van der Waals surface area contributed by atoms with E-state index in [2.05, 4.69) is 9.57 Å². The van der Waals surface area contributed by atoms with Gasteiger partial charge in [-0.3, -0.25) is 9.63 Å². The molecule has 0 aromatic carbocycles. The number of sulfonamides is 1. The number of carbonyl (C=O) groups is 1. The van der Waals surface area contributed by atoms with Gasteiger partial charge in [0.25, 0.3) is 0 Å². The van der Waals surface area contributed by atoms with E-state index in [1.807, 2.05) is 0 Å². The molecule has 0 aromatic heterocycles. The van der Waals surface area contributed by atoms with Crippen LogP contribution in [0.5, 0.6) is 0 Å². The van der Waals surface area contributed by atoms with Crippen molar-refractivity contribution < 1.29 is 22.8 Å². The van der Waals surface area contributed by atoms with Crippen molar-refractivity contribution in [3.05, 3.63) is 0 Å². The van der Waals surface area contributed by atoms with Crippen LogP contribution in [0.2, 0.25) is 0 Å². The van der Waals surface area contributed by atoms with Crippen LogP contribution >= 0.6 is 0 Å². The van der Waals surface area contributed by atoms with Crippen molar-refractivity contribution in [3.8, 4) is 0 Å². The van der Waals surface area contributed by atoms with Gasteiger partial charge in [0.1, 0.15) is 6.61 Å². The van der Waals surface area contributed by atoms with Crippen molar-refractivity contribution in [1.82, 2.24) is 4.89 Å². The molecule has 0 heterocycles. The maximum Gasteiger partial charge on any atom is 0.245 e. The standard InChI is InChI=1S/C5H12N2O5S/c1-11-2-3-13(9,10)7-12-4-5(6)8/h7H,2-4H2,1H3,(H2,6,8). The third kappa shape index (κ3) is 7.65. The van der Waals surface area contributed by atoms with E-state index in [4.69, 9.17) is 5.73 Å². The van der Waals surface area contributed by atoms with Crippen LogP contribution in [0, 0.1) is 0 Å². The molecule has 8 heteroatoms. The number of hydrogen-bond donors (Lipinski definition) is 2. The first-order valence-electron chi connectivity index (χ1n) is 3.36. The van der Waals surface area contributed by atoms with Crippen LogP contribution in [0.25, 0.3) is 0 Å². The highest BCUT2D eigenvalue weighted by Gasteiger charge is 2.09. The number of methoxy groups -OCH3 is 1. The van der Waals surface area contributed by atoms with E-state index < -0.39 is 22.5 Å². The number of nitrogens with two attached hydrogens (primary N) is 1. The number of amides is 1. The van der Waals surface area contributed by atoms with E-state index in [1.165, 1.54) is 7.11 Å². The van der Waals surface area contributed by atoms with Crippen LogP contribution in [0.1, 0.15) is 0 Å². The molecule has 0 saturated heterocycles. The summed E-state index contributed by atoms with van der Waals surface area (Å²) in [7, 11) is -2.17. The predicted molar refractivity (Wildman–Crippen MR) is 43.9 cm³/mol. The van der Waals surface area contributed by atoms with E-state index >= 15 is 0 Å². The zero-order valence-corrected chi connectivity index (χ0v) is 7.96. The van der Waals surface area contributed by atoms with E-state index in [0.29, 0.717) is 0 Å². The van der Waals surface area contributed by atoms with Gasteiger partial charge < -0.3 is 10.5 Å². The molecule has 0 rings (SSSR count). The maximum atomic E-state index is 10.9. The van der Waals surface area contributed by atoms with Gasteiger partial charge in [-0.25, -0.2) is 8.42 Å². The fraction of sp³-hybridized carbons (Fsp3) is 0.800. The minimum Gasteiger partial charge on any atom is -0.384 e. The Labute approximate surface area is 76.2 Å². The minimum atomic E-state index is -3.54. The molecule has 0 aliphatic rings. The van der Waals surface area contributed by atoms with Gasteiger partial charge in [0.15, 0.2) is 0 Å². The summed E-state index contributed by atoms with van der Waals surface area (Å²) in [6.07, 6.45) is 0. The summed E-state index contributed by atoms with van der Waals surface area (Å²) in [5, 5.41) is 0. The average Bonchev–Trinajstić information content (AvgIpc) is 2.00. The largest absolute Gasteiger partial charge is 0.384 e. The fourth-order valence-corrected chi connectivity index (χ4v) is 1.13. The first kappa shape index (κ1) is 12.3. The Kier molecular flexibility index (Phi) is 5.55. The Morgan fingerprint density at radius 1 is 1.54 bits per heavy atom. The van der Waals surface area contributed by atoms with Crippen molar-refractivity contribution >= 4 is 15.9 Å². The molecule has 1 amide bonds. The molecule has 3 N–H and O–H groups in total. The van der Waals surface area contributed by atoms with Crippen LogP contribution < -0.4 is 10.6 Å². The summed E-state index contributed by atoms with van der Waals surface area (Å²) >= 11 is 0. The Morgan fingerprint density at radius 3 is 2.62 bits per heavy atom. The van der Waals surface area contributed by atoms with Crippen molar-refractivity contribution in [2.75, 3.05) is 26.1 Å². The molecule has 0 fully saturated rings. The lowest BCUT2D eigenvalue weighted by atomic mass is 10.7. The second-order valence-electron chi connectivity index (χ2n) is 2.15. The van der Waals surface area contributed by atoms with Gasteiger partial charge in [0, 0.05) is 7.11 Å². The number of carbonyl (C=O) groups excluding carboxylic acids is 1. The third-order valence-corrected chi connectivity index (χ3v) is 2.03. The SMILES string of the molecule is COCCS(=O)(=O)NOCC(N)=O. The molecular formula is C5H12N2O5S. The first-order chi connectivity index (χ1) is 5.98. The van der Waals surface area contributed by atoms with Gasteiger partial charge in [-0.1, -0.05) is 4.89 Å². The average molecular weight is 212 g/mol. The zero-order chi connectivity index (χ0) is 10.3. The van der Waals surface area contributed by atoms with Crippen LogP contribution in [-0.2, 0) is 24.4 Å². The molecule has 0 saturated carbocycles. The van der Waals surface area contributed by atoms with Crippen molar-refractivity contribution in [1.29, 1.82) is 0 Å². The van der Waals surface area contributed by atoms with Gasteiger partial charge >= 0.3 is 0 Å². The van der Waals surface area contributed by atoms with Gasteiger partial charge in [0.05, 0.1) is 12.4 Å². The summed E-state index contributed by atoms with van der Waals surface area (Å²) in [6, 6.07) is 0. The topological polar surface area (TPSA) is 108 Å². The summed E-state index contributed by atoms with van der Waals surface area (Å²) in [5.74, 6) is -0.989. The molecule has 0 radical (unpaired) electrons. The molecule has 0 aromatic rings. The number of primary amides is 1. The van der Waals surface area contributed by atoms with Crippen molar-refractivity contribution in [2.24, 2.45) is 5.73 Å². The van der Waals surface area contributed by atoms with Gasteiger partial charge in [0.2, 0.25) is 15.9 Å². The van der Waals surface area contributed by atoms with Crippen LogP contribution in [-0.4, -0.2) is 40.4 Å². The predicted octanol–water partition coefficient (Wildman–Crippen LogP) is -2.03. The molecule has 7 nitrogen and oxygen atoms in total. The zero-order valence-electron chi connectivity index (χ0n) is 7.15. The van der Waals surface area contributed by atoms with Crippen molar-refractivity contribution in [3.63, 3.8) is 0 Å². The van der Waals surface area contributed by atoms with E-state index in [0.717, 1.165) is 0 Å². The number of rotatable bonds is 7. The first-order valence-corrected chi connectivity index (χ1v) is 5.01. The van der Waals surface area contributed by atoms with Crippen molar-refractivity contribution in [2.45, 2.75) is 0 Å². The second kappa shape index (κ2) is 5.86. The highest BCUT2D eigenvalue weighted by Crippen LogP contribution is 1.84. The Balaban J connectivity index is 3.70. The molecule has 78 valence electrons. The van der Waals surface area contributed by atoms with Crippen LogP contribution in [0.3, 0.4) is 0 Å². The number of hydrogen-bond acceptors (Lipinski definition) is 5. The van der Waals surface area contributed by atoms with Gasteiger partial charge in [-0.05, 0) is 0 Å². The Morgan fingerprint density at radius 2 is 2.15 bits per heavy atom. The minimum absolute atomic E-state index is 0.0509. The van der Waals surface area contributed by atoms with E-state index in [9.17, 15) is 13.2 Å². The summed E-state index contributed by atoms with van der Waals surface area (Å²) in [4.78, 5) is 16.1. The fourth-order valence-electron chi connectivity index (χ4n) is 0.425. The summed E-state index contributed by atoms with van der Waals surface area (Å²) in [5.41, 5.74) is 4.70. The molecule has 0 unspecified atom stereocenters. The molecule has 0 spiro atoms. The monoisotopic (exact) mass is 212 g/mol. The van der Waals surface area contributed by atoms with Crippen LogP contribution in [0.4, 0.5) is 0 Å². The number of nitrogens with one attached hydrogen (secondary N) is 1. The maximum absolute atomic E-state index is 10.9. The second-order valence-corrected chi connectivity index (χ2v) is 3.95. The lowest BCUT2D eigenvalue weighted by Crippen LogP contribution is -2.32. The lowest BCUT2D eigenvalue weighted by molar-refractivity contribution is -0.123. The molecule has 13 heavy (non-hydrogen) atoms. The summed E-state index contributed by atoms with van der Waals surface area (Å²) in [6.45, 7) is -0.443. The normalized spacial score (nSPS) is 11.5. The Bertz CT molecular complexity index is 250. The van der Waals surface area contributed by atoms with E-state index in [-0.39, 0.29) is 12.4 Å². The lowest BCUT2D eigenvalue weighted by Gasteiger charge is -2.04. The molecule has 0 aliphatic heterocycles. The van der Waals surface area contributed by atoms with Gasteiger partial charge in [-0.15, -0.1) is 0 Å². The van der Waals surface area contributed by atoms with E-state index in [1.54, 1.807) is 4.89 Å². The highest BCUT2D eigenvalue weighted by atomic mass is 32.2. The molecule has 0 aliphatic carbocycles. The highest BCUT2D eigenvalue weighted by molar-refractivity contribution is 7.89. The third-order valence-electron chi connectivity index (χ3n) is 0.957. The number of ether oxygens (including phenoxy) is 1. The van der Waals surface area contributed by atoms with Crippen LogP contribution in [0.15, 0.2) is 0 Å². The summed E-state index contributed by atoms with van der Waals surface area (Å²) < 4.78 is 26.3. The van der Waals surface area contributed by atoms with Gasteiger partial charge in [-0.2, -0.15) is 0 Å². The molecular weight excluding hydrogens is 200 g/mol.